The van der Waals surface area contributed by atoms with Crippen molar-refractivity contribution in [3.63, 3.8) is 0 Å². The second-order valence-corrected chi connectivity index (χ2v) is 21.1. The van der Waals surface area contributed by atoms with Crippen molar-refractivity contribution in [2.24, 2.45) is 0 Å². The third kappa shape index (κ3) is 28.4. The zero-order valence-corrected chi connectivity index (χ0v) is 44.4. The topological polar surface area (TPSA) is 25.8 Å². The fourth-order valence-electron chi connectivity index (χ4n) is 10.6. The SMILES string of the molecule is CCCCCCCC[N+](CCCCCCCC)(CCCCCCCC)Cc1ccc(-c2ccc(C[N+](CCCCCCCC)(CCCCCCCC)CCCCCCCC)cn2)nc1. The summed E-state index contributed by atoms with van der Waals surface area (Å²) in [6.07, 6.45) is 54.2. The maximum Gasteiger partial charge on any atom is 0.106 e. The Hall–Kier alpha value is -1.78. The Morgan fingerprint density at radius 1 is 0.266 bits per heavy atom. The molecule has 0 radical (unpaired) electrons. The molecule has 0 aromatic carbocycles. The first-order valence-electron chi connectivity index (χ1n) is 29.1. The summed E-state index contributed by atoms with van der Waals surface area (Å²) in [5.41, 5.74) is 4.90. The van der Waals surface area contributed by atoms with Crippen LogP contribution in [0.3, 0.4) is 0 Å². The zero-order valence-electron chi connectivity index (χ0n) is 44.4. The third-order valence-corrected chi connectivity index (χ3v) is 14.9. The van der Waals surface area contributed by atoms with Crippen LogP contribution in [-0.4, -0.2) is 58.2 Å². The molecule has 370 valence electrons. The lowest BCUT2D eigenvalue weighted by Crippen LogP contribution is -2.49. The molecule has 2 rings (SSSR count). The number of aromatic nitrogens is 2. The number of nitrogens with zero attached hydrogens (tertiary/aromatic N) is 4. The second-order valence-electron chi connectivity index (χ2n) is 21.1. The van der Waals surface area contributed by atoms with Gasteiger partial charge in [0.25, 0.3) is 0 Å². The van der Waals surface area contributed by atoms with Crippen LogP contribution < -0.4 is 0 Å². The van der Waals surface area contributed by atoms with Gasteiger partial charge in [0.2, 0.25) is 0 Å². The van der Waals surface area contributed by atoms with Gasteiger partial charge < -0.3 is 8.97 Å². The molecule has 64 heavy (non-hydrogen) atoms. The highest BCUT2D eigenvalue weighted by atomic mass is 15.4. The molecule has 0 amide bonds. The average Bonchev–Trinajstić information content (AvgIpc) is 3.31. The van der Waals surface area contributed by atoms with E-state index in [-0.39, 0.29) is 0 Å². The van der Waals surface area contributed by atoms with Gasteiger partial charge in [-0.1, -0.05) is 196 Å². The lowest BCUT2D eigenvalue weighted by molar-refractivity contribution is -0.941. The summed E-state index contributed by atoms with van der Waals surface area (Å²) in [5.74, 6) is 0. The zero-order chi connectivity index (χ0) is 46.1. The van der Waals surface area contributed by atoms with Gasteiger partial charge in [-0.2, -0.15) is 0 Å². The van der Waals surface area contributed by atoms with Gasteiger partial charge in [0, 0.05) is 23.5 Å². The summed E-state index contributed by atoms with van der Waals surface area (Å²) in [7, 11) is 0. The monoisotopic (exact) mass is 889 g/mol. The van der Waals surface area contributed by atoms with E-state index < -0.39 is 0 Å². The fraction of sp³-hybridized carbons (Fsp3) is 0.833. The smallest absolute Gasteiger partial charge is 0.106 e. The minimum atomic E-state index is 1.03. The molecule has 0 N–H and O–H groups in total. The van der Waals surface area contributed by atoms with E-state index in [2.05, 4.69) is 78.2 Å². The minimum Gasteiger partial charge on any atom is -0.320 e. The summed E-state index contributed by atoms with van der Waals surface area (Å²) in [6.45, 7) is 24.3. The standard InChI is InChI=1S/C60H112N4/c1-7-13-19-25-31-37-47-63(48-38-32-26-20-14-8-2,49-39-33-27-21-15-9-3)55-57-43-45-59(61-53-57)60-46-44-58(54-62-60)56-64(50-40-34-28-22-16-10-4,51-41-35-29-23-17-11-5)52-42-36-30-24-18-12-6/h43-46,53-54H,7-42,47-52,55-56H2,1-6H3/q+2. The van der Waals surface area contributed by atoms with Crippen LogP contribution in [0, 0.1) is 0 Å². The molecule has 0 fully saturated rings. The van der Waals surface area contributed by atoms with E-state index >= 15 is 0 Å². The van der Waals surface area contributed by atoms with Gasteiger partial charge in [0.1, 0.15) is 13.1 Å². The molecule has 0 aliphatic rings. The van der Waals surface area contributed by atoms with E-state index in [9.17, 15) is 0 Å². The van der Waals surface area contributed by atoms with Gasteiger partial charge in [-0.25, -0.2) is 0 Å². The molecule has 2 heterocycles. The van der Waals surface area contributed by atoms with Crippen LogP contribution in [0.25, 0.3) is 11.4 Å². The van der Waals surface area contributed by atoms with E-state index in [0.29, 0.717) is 0 Å². The Balaban J connectivity index is 2.28. The minimum absolute atomic E-state index is 1.03. The molecule has 4 nitrogen and oxygen atoms in total. The number of quaternary nitrogens is 2. The molecule has 2 aromatic rings. The lowest BCUT2D eigenvalue weighted by Gasteiger charge is -2.39. The van der Waals surface area contributed by atoms with Gasteiger partial charge in [-0.15, -0.1) is 0 Å². The lowest BCUT2D eigenvalue weighted by atomic mass is 10.0. The van der Waals surface area contributed by atoms with Gasteiger partial charge in [-0.05, 0) is 101 Å². The summed E-state index contributed by atoms with van der Waals surface area (Å²) in [4.78, 5) is 10.3. The van der Waals surface area contributed by atoms with Crippen LogP contribution >= 0.6 is 0 Å². The number of hydrogen-bond acceptors (Lipinski definition) is 2. The highest BCUT2D eigenvalue weighted by molar-refractivity contribution is 5.54. The molecule has 0 bridgehead atoms. The molecule has 0 saturated carbocycles. The van der Waals surface area contributed by atoms with Crippen LogP contribution in [0.1, 0.15) is 284 Å². The largest absolute Gasteiger partial charge is 0.320 e. The van der Waals surface area contributed by atoms with Crippen LogP contribution in [-0.2, 0) is 13.1 Å². The summed E-state index contributed by atoms with van der Waals surface area (Å²) < 4.78 is 2.53. The highest BCUT2D eigenvalue weighted by Crippen LogP contribution is 2.26. The van der Waals surface area contributed by atoms with Gasteiger partial charge in [0.15, 0.2) is 0 Å². The van der Waals surface area contributed by atoms with Crippen molar-refractivity contribution in [3.8, 4) is 11.4 Å². The molecule has 0 atom stereocenters. The molecule has 0 saturated heterocycles. The predicted molar refractivity (Wildman–Crippen MR) is 285 cm³/mol. The van der Waals surface area contributed by atoms with E-state index in [4.69, 9.17) is 9.97 Å². The molecular weight excluding hydrogens is 777 g/mol. The van der Waals surface area contributed by atoms with Crippen molar-refractivity contribution in [2.45, 2.75) is 286 Å². The summed E-state index contributed by atoms with van der Waals surface area (Å²) in [5, 5.41) is 0. The Morgan fingerprint density at radius 3 is 0.656 bits per heavy atom. The van der Waals surface area contributed by atoms with Gasteiger partial charge in [0.05, 0.1) is 50.7 Å². The fourth-order valence-corrected chi connectivity index (χ4v) is 10.6. The molecule has 4 heteroatoms. The predicted octanol–water partition coefficient (Wildman–Crippen LogP) is 18.9. The maximum atomic E-state index is 5.16. The van der Waals surface area contributed by atoms with Crippen LogP contribution in [0.5, 0.6) is 0 Å². The maximum absolute atomic E-state index is 5.16. The number of rotatable bonds is 47. The molecule has 0 unspecified atom stereocenters. The van der Waals surface area contributed by atoms with Crippen molar-refractivity contribution in [1.29, 1.82) is 0 Å². The molecule has 0 aliphatic heterocycles. The Bertz CT molecular complexity index is 1090. The highest BCUT2D eigenvalue weighted by Gasteiger charge is 2.29. The first kappa shape index (κ1) is 58.3. The van der Waals surface area contributed by atoms with Crippen LogP contribution in [0.2, 0.25) is 0 Å². The van der Waals surface area contributed by atoms with E-state index in [1.165, 1.54) is 291 Å². The number of unbranched alkanes of at least 4 members (excludes halogenated alkanes) is 30. The third-order valence-electron chi connectivity index (χ3n) is 14.9. The van der Waals surface area contributed by atoms with Gasteiger partial charge in [-0.3, -0.25) is 9.97 Å². The average molecular weight is 890 g/mol. The van der Waals surface area contributed by atoms with E-state index in [0.717, 1.165) is 24.5 Å². The van der Waals surface area contributed by atoms with Crippen LogP contribution in [0.15, 0.2) is 36.7 Å². The van der Waals surface area contributed by atoms with Crippen molar-refractivity contribution in [2.75, 3.05) is 39.3 Å². The molecule has 0 spiro atoms. The Labute approximate surface area is 401 Å². The first-order chi connectivity index (χ1) is 31.5. The van der Waals surface area contributed by atoms with Crippen molar-refractivity contribution in [3.05, 3.63) is 47.8 Å². The van der Waals surface area contributed by atoms with Crippen molar-refractivity contribution >= 4 is 0 Å². The van der Waals surface area contributed by atoms with Gasteiger partial charge >= 0.3 is 0 Å². The summed E-state index contributed by atoms with van der Waals surface area (Å²) in [6, 6.07) is 9.42. The Morgan fingerprint density at radius 2 is 0.469 bits per heavy atom. The molecular formula is C60H112N4+2. The second kappa shape index (κ2) is 40.3. The van der Waals surface area contributed by atoms with E-state index in [1.54, 1.807) is 0 Å². The molecule has 2 aromatic heterocycles. The van der Waals surface area contributed by atoms with E-state index in [1.807, 2.05) is 0 Å². The normalized spacial score (nSPS) is 12.2. The first-order valence-corrected chi connectivity index (χ1v) is 29.1. The number of hydrogen-bond donors (Lipinski definition) is 0. The summed E-state index contributed by atoms with van der Waals surface area (Å²) >= 11 is 0. The quantitative estimate of drug-likeness (QED) is 0.0489. The van der Waals surface area contributed by atoms with Crippen molar-refractivity contribution in [1.82, 2.24) is 9.97 Å². The molecule has 0 aliphatic carbocycles. The van der Waals surface area contributed by atoms with Crippen molar-refractivity contribution < 1.29 is 8.97 Å². The van der Waals surface area contributed by atoms with Crippen LogP contribution in [0.4, 0.5) is 0 Å². The number of pyridine rings is 2. The Kier molecular flexibility index (Phi) is 36.7.